The highest BCUT2D eigenvalue weighted by Crippen LogP contribution is 2.72. The van der Waals surface area contributed by atoms with Gasteiger partial charge >= 0.3 is 0 Å². The Bertz CT molecular complexity index is 439. The fraction of sp³-hybridized carbons (Fsp3) is 0.800. The lowest BCUT2D eigenvalue weighted by Crippen LogP contribution is -2.14. The highest BCUT2D eigenvalue weighted by Gasteiger charge is 2.67. The number of fused-ring (bicyclic) bond motifs is 5. The van der Waals surface area contributed by atoms with E-state index < -0.39 is 0 Å². The quantitative estimate of drug-likeness (QED) is 0.887. The second kappa shape index (κ2) is 3.83. The topological polar surface area (TPSA) is 38.0 Å². The molecule has 0 aromatic carbocycles. The Kier molecular flexibility index (Phi) is 2.35. The molecule has 0 saturated heterocycles. The maximum atomic E-state index is 10.6. The zero-order valence-electron chi connectivity index (χ0n) is 11.0. The highest BCUT2D eigenvalue weighted by molar-refractivity contribution is 5.17. The molecule has 1 N–H and O–H groups in total. The lowest BCUT2D eigenvalue weighted by Gasteiger charge is -2.16. The highest BCUT2D eigenvalue weighted by atomic mass is 16.3. The first kappa shape index (κ1) is 11.0. The first-order valence-corrected chi connectivity index (χ1v) is 7.50. The fourth-order valence-electron chi connectivity index (χ4n) is 5.00. The summed E-state index contributed by atoms with van der Waals surface area (Å²) in [6.07, 6.45) is 8.90. The van der Waals surface area contributed by atoms with E-state index in [9.17, 15) is 5.11 Å². The number of aliphatic hydroxyl groups excluding tert-OH is 1. The van der Waals surface area contributed by atoms with Crippen molar-refractivity contribution in [2.24, 2.45) is 29.6 Å². The summed E-state index contributed by atoms with van der Waals surface area (Å²) in [6, 6.07) is 0. The van der Waals surface area contributed by atoms with Gasteiger partial charge in [0, 0.05) is 18.9 Å². The van der Waals surface area contributed by atoms with Crippen molar-refractivity contribution in [2.75, 3.05) is 0 Å². The van der Waals surface area contributed by atoms with E-state index >= 15 is 0 Å². The summed E-state index contributed by atoms with van der Waals surface area (Å²) in [5.74, 6) is 4.93. The minimum atomic E-state index is -0.315. The van der Waals surface area contributed by atoms with Crippen molar-refractivity contribution in [3.63, 3.8) is 0 Å². The zero-order chi connectivity index (χ0) is 12.3. The number of nitrogens with zero attached hydrogens (tertiary/aromatic N) is 2. The van der Waals surface area contributed by atoms with Gasteiger partial charge in [0.15, 0.2) is 0 Å². The number of aromatic nitrogens is 2. The third-order valence-electron chi connectivity index (χ3n) is 5.64. The van der Waals surface area contributed by atoms with Crippen molar-refractivity contribution >= 4 is 0 Å². The molecule has 1 aromatic rings. The van der Waals surface area contributed by atoms with Crippen molar-refractivity contribution in [3.05, 3.63) is 18.2 Å². The number of aryl methyl sites for hydroxylation is 1. The Balaban J connectivity index is 1.54. The minimum Gasteiger partial charge on any atom is -0.385 e. The molecule has 0 spiro atoms. The molecular weight excluding hydrogens is 224 g/mol. The van der Waals surface area contributed by atoms with Crippen LogP contribution in [0.1, 0.15) is 44.5 Å². The summed E-state index contributed by atoms with van der Waals surface area (Å²) in [4.78, 5) is 4.41. The van der Waals surface area contributed by atoms with Gasteiger partial charge in [0.1, 0.15) is 11.9 Å². The molecule has 0 aliphatic heterocycles. The van der Waals surface area contributed by atoms with Crippen LogP contribution in [0.2, 0.25) is 0 Å². The molecule has 3 saturated carbocycles. The molecular formula is C15H22N2O. The van der Waals surface area contributed by atoms with E-state index in [1.807, 2.05) is 12.4 Å². The molecule has 3 aliphatic carbocycles. The molecule has 2 bridgehead atoms. The number of rotatable bonds is 4. The molecule has 3 heteroatoms. The fourth-order valence-corrected chi connectivity index (χ4v) is 5.00. The van der Waals surface area contributed by atoms with Crippen LogP contribution in [0.25, 0.3) is 0 Å². The minimum absolute atomic E-state index is 0.315. The van der Waals surface area contributed by atoms with Crippen LogP contribution in [0.3, 0.4) is 0 Å². The third kappa shape index (κ3) is 1.37. The first-order chi connectivity index (χ1) is 8.81. The van der Waals surface area contributed by atoms with Gasteiger partial charge in [-0.3, -0.25) is 0 Å². The van der Waals surface area contributed by atoms with Gasteiger partial charge in [0.05, 0.1) is 0 Å². The Morgan fingerprint density at radius 3 is 2.78 bits per heavy atom. The van der Waals surface area contributed by atoms with Crippen molar-refractivity contribution < 1.29 is 5.11 Å². The van der Waals surface area contributed by atoms with Crippen molar-refractivity contribution in [2.45, 2.75) is 45.3 Å². The lowest BCUT2D eigenvalue weighted by atomic mass is 9.98. The summed E-state index contributed by atoms with van der Waals surface area (Å²) in [6.45, 7) is 3.14. The van der Waals surface area contributed by atoms with Crippen LogP contribution in [0.5, 0.6) is 0 Å². The molecule has 0 amide bonds. The van der Waals surface area contributed by atoms with E-state index in [4.69, 9.17) is 0 Å². The Morgan fingerprint density at radius 2 is 2.11 bits per heavy atom. The van der Waals surface area contributed by atoms with Crippen LogP contribution in [0.15, 0.2) is 12.4 Å². The molecule has 18 heavy (non-hydrogen) atoms. The maximum Gasteiger partial charge on any atom is 0.137 e. The largest absolute Gasteiger partial charge is 0.385 e. The van der Waals surface area contributed by atoms with E-state index in [-0.39, 0.29) is 6.10 Å². The molecule has 4 rings (SSSR count). The molecule has 1 aromatic heterocycles. The van der Waals surface area contributed by atoms with Crippen LogP contribution in [-0.4, -0.2) is 14.7 Å². The van der Waals surface area contributed by atoms with Crippen molar-refractivity contribution in [1.29, 1.82) is 0 Å². The molecule has 98 valence electrons. The zero-order valence-corrected chi connectivity index (χ0v) is 11.0. The summed E-state index contributed by atoms with van der Waals surface area (Å²) in [5, 5.41) is 10.6. The Hall–Kier alpha value is -0.830. The van der Waals surface area contributed by atoms with Crippen molar-refractivity contribution in [1.82, 2.24) is 9.55 Å². The van der Waals surface area contributed by atoms with Gasteiger partial charge in [-0.1, -0.05) is 6.92 Å². The summed E-state index contributed by atoms with van der Waals surface area (Å²) >= 11 is 0. The predicted molar refractivity (Wildman–Crippen MR) is 68.8 cm³/mol. The van der Waals surface area contributed by atoms with Gasteiger partial charge in [-0.2, -0.15) is 0 Å². The van der Waals surface area contributed by atoms with Gasteiger partial charge in [-0.15, -0.1) is 0 Å². The van der Waals surface area contributed by atoms with Crippen LogP contribution >= 0.6 is 0 Å². The second-order valence-electron chi connectivity index (χ2n) is 6.49. The van der Waals surface area contributed by atoms with Crippen LogP contribution < -0.4 is 0 Å². The molecule has 5 atom stereocenters. The van der Waals surface area contributed by atoms with E-state index in [0.29, 0.717) is 5.92 Å². The molecule has 3 nitrogen and oxygen atoms in total. The van der Waals surface area contributed by atoms with Crippen LogP contribution in [-0.2, 0) is 6.54 Å². The molecule has 1 heterocycles. The Morgan fingerprint density at radius 1 is 1.39 bits per heavy atom. The summed E-state index contributed by atoms with van der Waals surface area (Å²) in [5.41, 5.74) is 0. The van der Waals surface area contributed by atoms with Gasteiger partial charge in [-0.05, 0) is 55.3 Å². The monoisotopic (exact) mass is 246 g/mol. The van der Waals surface area contributed by atoms with E-state index in [2.05, 4.69) is 16.5 Å². The van der Waals surface area contributed by atoms with E-state index in [0.717, 1.165) is 42.5 Å². The third-order valence-corrected chi connectivity index (χ3v) is 5.64. The molecule has 3 aliphatic rings. The van der Waals surface area contributed by atoms with Crippen molar-refractivity contribution in [3.8, 4) is 0 Å². The SMILES string of the molecule is CCCn1ccnc1C(O)C1C2C3CCC(C3)C21. The average molecular weight is 246 g/mol. The molecule has 3 fully saturated rings. The smallest absolute Gasteiger partial charge is 0.137 e. The predicted octanol–water partition coefficient (Wildman–Crippen LogP) is 2.62. The number of imidazole rings is 1. The number of hydrogen-bond donors (Lipinski definition) is 1. The number of aliphatic hydroxyl groups is 1. The van der Waals surface area contributed by atoms with Gasteiger partial charge in [0.25, 0.3) is 0 Å². The standard InChI is InChI=1S/C15H22N2O/c1-2-6-17-7-5-16-15(17)14(18)13-11-9-3-4-10(8-9)12(11)13/h5,7,9-14,18H,2-4,6,8H2,1H3. The Labute approximate surface area is 108 Å². The van der Waals surface area contributed by atoms with Gasteiger partial charge in [-0.25, -0.2) is 4.98 Å². The van der Waals surface area contributed by atoms with Crippen LogP contribution in [0.4, 0.5) is 0 Å². The summed E-state index contributed by atoms with van der Waals surface area (Å²) in [7, 11) is 0. The van der Waals surface area contributed by atoms with E-state index in [1.165, 1.54) is 19.3 Å². The maximum absolute atomic E-state index is 10.6. The number of hydrogen-bond acceptors (Lipinski definition) is 2. The first-order valence-electron chi connectivity index (χ1n) is 7.50. The second-order valence-corrected chi connectivity index (χ2v) is 6.49. The average Bonchev–Trinajstić information content (AvgIpc) is 2.75. The van der Waals surface area contributed by atoms with Crippen LogP contribution in [0, 0.1) is 29.6 Å². The summed E-state index contributed by atoms with van der Waals surface area (Å²) < 4.78 is 2.14. The van der Waals surface area contributed by atoms with E-state index in [1.54, 1.807) is 0 Å². The van der Waals surface area contributed by atoms with Gasteiger partial charge in [0.2, 0.25) is 0 Å². The van der Waals surface area contributed by atoms with Gasteiger partial charge < -0.3 is 9.67 Å². The molecule has 5 unspecified atom stereocenters. The lowest BCUT2D eigenvalue weighted by molar-refractivity contribution is 0.117. The normalized spacial score (nSPS) is 42.0. The molecule has 0 radical (unpaired) electrons.